The maximum absolute atomic E-state index is 13.2. The highest BCUT2D eigenvalue weighted by molar-refractivity contribution is 5.85. The second-order valence-corrected chi connectivity index (χ2v) is 4.79. The number of nitrogen functional groups attached to an aromatic ring is 1. The Bertz CT molecular complexity index is 805. The van der Waals surface area contributed by atoms with Crippen LogP contribution in [-0.4, -0.2) is 4.92 Å². The van der Waals surface area contributed by atoms with Gasteiger partial charge in [-0.15, -0.1) is 12.4 Å². The zero-order valence-corrected chi connectivity index (χ0v) is 12.8. The number of nitro benzene ring substituents is 1. The van der Waals surface area contributed by atoms with Gasteiger partial charge in [-0.05, 0) is 29.3 Å². The first-order valence-corrected chi connectivity index (χ1v) is 6.24. The number of alkyl halides is 6. The number of nitrogens with two attached hydrogens (primary N) is 1. The molecule has 2 aromatic rings. The molecule has 136 valence electrons. The molecule has 0 fully saturated rings. The molecular weight excluding hydrogens is 378 g/mol. The Labute approximate surface area is 142 Å². The van der Waals surface area contributed by atoms with Gasteiger partial charge in [-0.25, -0.2) is 0 Å². The van der Waals surface area contributed by atoms with E-state index in [4.69, 9.17) is 5.73 Å². The lowest BCUT2D eigenvalue weighted by molar-refractivity contribution is -0.385. The van der Waals surface area contributed by atoms with Gasteiger partial charge >= 0.3 is 12.4 Å². The summed E-state index contributed by atoms with van der Waals surface area (Å²) < 4.78 is 78.8. The van der Waals surface area contributed by atoms with Gasteiger partial charge in [0, 0.05) is 17.8 Å². The lowest BCUT2D eigenvalue weighted by Crippen LogP contribution is -2.12. The third-order valence-electron chi connectivity index (χ3n) is 3.16. The Balaban J connectivity index is 0.00000312. The van der Waals surface area contributed by atoms with Crippen LogP contribution in [0.3, 0.4) is 0 Å². The lowest BCUT2D eigenvalue weighted by Gasteiger charge is -2.17. The smallest absolute Gasteiger partial charge is 0.399 e. The molecule has 2 N–H and O–H groups in total. The molecule has 2 aromatic carbocycles. The Morgan fingerprint density at radius 2 is 1.28 bits per heavy atom. The third kappa shape index (κ3) is 4.32. The Hall–Kier alpha value is -2.49. The van der Waals surface area contributed by atoms with E-state index in [9.17, 15) is 36.5 Å². The van der Waals surface area contributed by atoms with E-state index in [1.807, 2.05) is 0 Å². The van der Waals surface area contributed by atoms with Crippen molar-refractivity contribution < 1.29 is 31.3 Å². The summed E-state index contributed by atoms with van der Waals surface area (Å²) in [6.45, 7) is 0. The van der Waals surface area contributed by atoms with E-state index in [2.05, 4.69) is 0 Å². The average Bonchev–Trinajstić information content (AvgIpc) is 2.44. The van der Waals surface area contributed by atoms with Crippen LogP contribution in [0.1, 0.15) is 11.1 Å². The van der Waals surface area contributed by atoms with Crippen LogP contribution in [0, 0.1) is 10.1 Å². The van der Waals surface area contributed by atoms with Crippen molar-refractivity contribution in [1.82, 2.24) is 0 Å². The molecule has 4 nitrogen and oxygen atoms in total. The highest BCUT2D eigenvalue weighted by Crippen LogP contribution is 2.44. The molecule has 0 radical (unpaired) electrons. The molecule has 0 atom stereocenters. The molecule has 0 aliphatic rings. The number of nitro groups is 1. The van der Waals surface area contributed by atoms with Gasteiger partial charge < -0.3 is 5.73 Å². The number of rotatable bonds is 2. The topological polar surface area (TPSA) is 69.2 Å². The van der Waals surface area contributed by atoms with Crippen LogP contribution >= 0.6 is 12.4 Å². The van der Waals surface area contributed by atoms with Crippen molar-refractivity contribution in [3.05, 3.63) is 57.6 Å². The average molecular weight is 387 g/mol. The van der Waals surface area contributed by atoms with Gasteiger partial charge in [0.05, 0.1) is 16.1 Å². The molecule has 0 bridgehead atoms. The first-order valence-electron chi connectivity index (χ1n) is 6.24. The van der Waals surface area contributed by atoms with Crippen LogP contribution in [-0.2, 0) is 12.4 Å². The van der Waals surface area contributed by atoms with Gasteiger partial charge in [0.2, 0.25) is 0 Å². The molecule has 0 heterocycles. The van der Waals surface area contributed by atoms with Gasteiger partial charge in [-0.2, -0.15) is 26.3 Å². The molecule has 0 aromatic heterocycles. The standard InChI is InChI=1S/C14H8F6N2O2.ClH/c15-13(16,17)11-5-7(21)1-3-9(11)10-4-2-8(22(23)24)6-12(10)14(18,19)20;/h1-6H,21H2;1H. The molecule has 0 unspecified atom stereocenters. The summed E-state index contributed by atoms with van der Waals surface area (Å²) in [7, 11) is 0. The summed E-state index contributed by atoms with van der Waals surface area (Å²) >= 11 is 0. The number of anilines is 1. The molecule has 0 saturated heterocycles. The minimum atomic E-state index is -5.08. The van der Waals surface area contributed by atoms with E-state index >= 15 is 0 Å². The molecule has 25 heavy (non-hydrogen) atoms. The van der Waals surface area contributed by atoms with E-state index in [0.717, 1.165) is 12.1 Å². The van der Waals surface area contributed by atoms with Crippen LogP contribution in [0.2, 0.25) is 0 Å². The Morgan fingerprint density at radius 1 is 0.840 bits per heavy atom. The predicted octanol–water partition coefficient (Wildman–Crippen LogP) is 5.30. The van der Waals surface area contributed by atoms with Gasteiger partial charge in [-0.1, -0.05) is 6.07 Å². The minimum absolute atomic E-state index is 0. The fourth-order valence-electron chi connectivity index (χ4n) is 2.15. The first-order chi connectivity index (χ1) is 10.9. The second kappa shape index (κ2) is 6.79. The number of hydrogen-bond acceptors (Lipinski definition) is 3. The largest absolute Gasteiger partial charge is 0.417 e. The van der Waals surface area contributed by atoms with E-state index < -0.39 is 45.2 Å². The molecule has 0 saturated carbocycles. The van der Waals surface area contributed by atoms with Crippen LogP contribution in [0.15, 0.2) is 36.4 Å². The molecule has 0 aliphatic carbocycles. The molecular formula is C14H9ClF6N2O2. The van der Waals surface area contributed by atoms with Gasteiger partial charge in [0.15, 0.2) is 0 Å². The van der Waals surface area contributed by atoms with Crippen molar-refractivity contribution in [3.63, 3.8) is 0 Å². The van der Waals surface area contributed by atoms with Gasteiger partial charge in [0.1, 0.15) is 0 Å². The second-order valence-electron chi connectivity index (χ2n) is 4.79. The summed E-state index contributed by atoms with van der Waals surface area (Å²) in [4.78, 5) is 9.58. The summed E-state index contributed by atoms with van der Waals surface area (Å²) in [5, 5.41) is 10.6. The van der Waals surface area contributed by atoms with Crippen molar-refractivity contribution in [1.29, 1.82) is 0 Å². The number of halogens is 7. The molecule has 0 spiro atoms. The van der Waals surface area contributed by atoms with Gasteiger partial charge in [-0.3, -0.25) is 10.1 Å². The third-order valence-corrected chi connectivity index (χ3v) is 3.16. The van der Waals surface area contributed by atoms with Crippen molar-refractivity contribution in [2.75, 3.05) is 5.73 Å². The van der Waals surface area contributed by atoms with Crippen LogP contribution < -0.4 is 5.73 Å². The number of non-ortho nitro benzene ring substituents is 1. The lowest BCUT2D eigenvalue weighted by atomic mass is 9.94. The number of benzene rings is 2. The SMILES string of the molecule is Cl.Nc1ccc(-c2ccc([N+](=O)[O-])cc2C(F)(F)F)c(C(F)(F)F)c1. The minimum Gasteiger partial charge on any atom is -0.399 e. The normalized spacial score (nSPS) is 11.8. The highest BCUT2D eigenvalue weighted by atomic mass is 35.5. The summed E-state index contributed by atoms with van der Waals surface area (Å²) in [6, 6.07) is 3.88. The first kappa shape index (κ1) is 20.6. The Kier molecular flexibility index (Phi) is 5.58. The van der Waals surface area contributed by atoms with Crippen molar-refractivity contribution >= 4 is 23.8 Å². The van der Waals surface area contributed by atoms with E-state index in [-0.39, 0.29) is 24.2 Å². The molecule has 0 aliphatic heterocycles. The van der Waals surface area contributed by atoms with Crippen LogP contribution in [0.5, 0.6) is 0 Å². The predicted molar refractivity (Wildman–Crippen MR) is 80.2 cm³/mol. The summed E-state index contributed by atoms with van der Waals surface area (Å²) in [6.07, 6.45) is -10.0. The van der Waals surface area contributed by atoms with Crippen molar-refractivity contribution in [3.8, 4) is 11.1 Å². The van der Waals surface area contributed by atoms with Crippen molar-refractivity contribution in [2.45, 2.75) is 12.4 Å². The Morgan fingerprint density at radius 3 is 1.72 bits per heavy atom. The quantitative estimate of drug-likeness (QED) is 0.329. The molecule has 11 heteroatoms. The maximum atomic E-state index is 13.2. The van der Waals surface area contributed by atoms with E-state index in [1.54, 1.807) is 0 Å². The zero-order chi connectivity index (χ0) is 18.3. The monoisotopic (exact) mass is 386 g/mol. The molecule has 2 rings (SSSR count). The molecule has 0 amide bonds. The van der Waals surface area contributed by atoms with E-state index in [1.165, 1.54) is 0 Å². The van der Waals surface area contributed by atoms with E-state index in [0.29, 0.717) is 18.2 Å². The summed E-state index contributed by atoms with van der Waals surface area (Å²) in [5.74, 6) is 0. The van der Waals surface area contributed by atoms with Crippen molar-refractivity contribution in [2.24, 2.45) is 0 Å². The van der Waals surface area contributed by atoms with Crippen LogP contribution in [0.25, 0.3) is 11.1 Å². The number of hydrogen-bond donors (Lipinski definition) is 1. The van der Waals surface area contributed by atoms with Gasteiger partial charge in [0.25, 0.3) is 5.69 Å². The fraction of sp³-hybridized carbons (Fsp3) is 0.143. The highest BCUT2D eigenvalue weighted by Gasteiger charge is 2.39. The maximum Gasteiger partial charge on any atom is 0.417 e. The summed E-state index contributed by atoms with van der Waals surface area (Å²) in [5.41, 5.74) is -0.356. The number of nitrogens with zero attached hydrogens (tertiary/aromatic N) is 1. The van der Waals surface area contributed by atoms with Crippen LogP contribution in [0.4, 0.5) is 37.7 Å². The fourth-order valence-corrected chi connectivity index (χ4v) is 2.15. The zero-order valence-electron chi connectivity index (χ0n) is 12.0.